The molecule has 1 aromatic carbocycles. The van der Waals surface area contributed by atoms with Gasteiger partial charge >= 0.3 is 0 Å². The summed E-state index contributed by atoms with van der Waals surface area (Å²) in [6.07, 6.45) is 2.47. The molecular formula is C11H13BrN2O3. The van der Waals surface area contributed by atoms with Crippen molar-refractivity contribution in [3.8, 4) is 5.75 Å². The standard InChI is InChI=1S/C11H13BrN2O3/c12-11-9(14(15)16)2-1-3-10(11)17-7-6-13-8-4-5-8/h1-3,8,13H,4-7H2. The summed E-state index contributed by atoms with van der Waals surface area (Å²) in [7, 11) is 0. The maximum Gasteiger partial charge on any atom is 0.287 e. The van der Waals surface area contributed by atoms with Gasteiger partial charge in [0.25, 0.3) is 5.69 Å². The number of ether oxygens (including phenoxy) is 1. The van der Waals surface area contributed by atoms with Gasteiger partial charge in [0.2, 0.25) is 0 Å². The highest BCUT2D eigenvalue weighted by molar-refractivity contribution is 9.10. The summed E-state index contributed by atoms with van der Waals surface area (Å²) in [5.41, 5.74) is 0.0256. The van der Waals surface area contributed by atoms with Crippen LogP contribution in [0.3, 0.4) is 0 Å². The molecule has 1 N–H and O–H groups in total. The van der Waals surface area contributed by atoms with Crippen molar-refractivity contribution in [3.63, 3.8) is 0 Å². The Morgan fingerprint density at radius 2 is 2.29 bits per heavy atom. The number of rotatable bonds is 6. The Morgan fingerprint density at radius 1 is 1.53 bits per heavy atom. The summed E-state index contributed by atoms with van der Waals surface area (Å²) in [5.74, 6) is 0.511. The second-order valence-electron chi connectivity index (χ2n) is 3.92. The van der Waals surface area contributed by atoms with Gasteiger partial charge in [-0.2, -0.15) is 0 Å². The lowest BCUT2D eigenvalue weighted by molar-refractivity contribution is -0.385. The lowest BCUT2D eigenvalue weighted by Crippen LogP contribution is -2.22. The Labute approximate surface area is 107 Å². The highest BCUT2D eigenvalue weighted by Crippen LogP contribution is 2.33. The van der Waals surface area contributed by atoms with Crippen LogP contribution < -0.4 is 10.1 Å². The smallest absolute Gasteiger partial charge is 0.287 e. The molecule has 5 nitrogen and oxygen atoms in total. The molecule has 2 rings (SSSR count). The van der Waals surface area contributed by atoms with E-state index < -0.39 is 4.92 Å². The molecule has 0 bridgehead atoms. The summed E-state index contributed by atoms with van der Waals surface area (Å²) < 4.78 is 5.89. The molecule has 0 saturated heterocycles. The average Bonchev–Trinajstić information content (AvgIpc) is 3.10. The molecule has 0 atom stereocenters. The van der Waals surface area contributed by atoms with Crippen molar-refractivity contribution in [2.75, 3.05) is 13.2 Å². The van der Waals surface area contributed by atoms with Crippen LogP contribution in [0.15, 0.2) is 22.7 Å². The molecule has 1 aliphatic rings. The quantitative estimate of drug-likeness (QED) is 0.498. The van der Waals surface area contributed by atoms with Crippen molar-refractivity contribution >= 4 is 21.6 Å². The van der Waals surface area contributed by atoms with E-state index in [0.717, 1.165) is 6.54 Å². The SMILES string of the molecule is O=[N+]([O-])c1cccc(OCCNC2CC2)c1Br. The first-order valence-electron chi connectivity index (χ1n) is 5.47. The van der Waals surface area contributed by atoms with Gasteiger partial charge in [0.1, 0.15) is 16.8 Å². The van der Waals surface area contributed by atoms with Crippen LogP contribution in [0.5, 0.6) is 5.75 Å². The van der Waals surface area contributed by atoms with E-state index in [-0.39, 0.29) is 5.69 Å². The fourth-order valence-electron chi connectivity index (χ4n) is 1.46. The Bertz CT molecular complexity index is 421. The van der Waals surface area contributed by atoms with Crippen LogP contribution in [0, 0.1) is 10.1 Å². The first kappa shape index (κ1) is 12.3. The van der Waals surface area contributed by atoms with Crippen LogP contribution in [0.1, 0.15) is 12.8 Å². The maximum atomic E-state index is 10.7. The van der Waals surface area contributed by atoms with Gasteiger partial charge in [-0.1, -0.05) is 6.07 Å². The Balaban J connectivity index is 1.90. The van der Waals surface area contributed by atoms with Gasteiger partial charge in [-0.15, -0.1) is 0 Å². The van der Waals surface area contributed by atoms with Gasteiger partial charge in [-0.3, -0.25) is 10.1 Å². The number of nitro benzene ring substituents is 1. The van der Waals surface area contributed by atoms with Gasteiger partial charge in [0.05, 0.1) is 4.92 Å². The zero-order chi connectivity index (χ0) is 12.3. The maximum absolute atomic E-state index is 10.7. The van der Waals surface area contributed by atoms with E-state index in [2.05, 4.69) is 21.2 Å². The molecule has 0 unspecified atom stereocenters. The van der Waals surface area contributed by atoms with Gasteiger partial charge in [0.15, 0.2) is 0 Å². The minimum atomic E-state index is -0.431. The predicted octanol–water partition coefficient (Wildman–Crippen LogP) is 2.49. The lowest BCUT2D eigenvalue weighted by Gasteiger charge is -2.08. The zero-order valence-corrected chi connectivity index (χ0v) is 10.8. The Morgan fingerprint density at radius 3 is 2.94 bits per heavy atom. The van der Waals surface area contributed by atoms with Gasteiger partial charge in [-0.05, 0) is 34.8 Å². The minimum Gasteiger partial charge on any atom is -0.491 e. The van der Waals surface area contributed by atoms with E-state index in [0.29, 0.717) is 22.9 Å². The van der Waals surface area contributed by atoms with E-state index in [1.165, 1.54) is 18.9 Å². The topological polar surface area (TPSA) is 64.4 Å². The van der Waals surface area contributed by atoms with Crippen LogP contribution in [0.2, 0.25) is 0 Å². The van der Waals surface area contributed by atoms with Crippen LogP contribution in [0.25, 0.3) is 0 Å². The fraction of sp³-hybridized carbons (Fsp3) is 0.455. The van der Waals surface area contributed by atoms with Gasteiger partial charge in [-0.25, -0.2) is 0 Å². The number of hydrogen-bond donors (Lipinski definition) is 1. The van der Waals surface area contributed by atoms with Crippen LogP contribution >= 0.6 is 15.9 Å². The molecular weight excluding hydrogens is 288 g/mol. The number of hydrogen-bond acceptors (Lipinski definition) is 4. The van der Waals surface area contributed by atoms with Gasteiger partial charge < -0.3 is 10.1 Å². The number of nitro groups is 1. The highest BCUT2D eigenvalue weighted by Gasteiger charge is 2.20. The third-order valence-electron chi connectivity index (χ3n) is 2.51. The van der Waals surface area contributed by atoms with Crippen LogP contribution in [-0.2, 0) is 0 Å². The van der Waals surface area contributed by atoms with Gasteiger partial charge in [0, 0.05) is 18.7 Å². The summed E-state index contributed by atoms with van der Waals surface area (Å²) in [6.45, 7) is 1.27. The third kappa shape index (κ3) is 3.41. The second kappa shape index (κ2) is 5.46. The summed E-state index contributed by atoms with van der Waals surface area (Å²) in [6, 6.07) is 5.42. The number of benzene rings is 1. The molecule has 0 heterocycles. The molecule has 6 heteroatoms. The molecule has 92 valence electrons. The Kier molecular flexibility index (Phi) is 3.96. The van der Waals surface area contributed by atoms with Crippen molar-refractivity contribution in [1.82, 2.24) is 5.32 Å². The molecule has 0 aliphatic heterocycles. The van der Waals surface area contributed by atoms with Crippen molar-refractivity contribution in [3.05, 3.63) is 32.8 Å². The largest absolute Gasteiger partial charge is 0.491 e. The third-order valence-corrected chi connectivity index (χ3v) is 3.31. The number of nitrogens with one attached hydrogen (secondary N) is 1. The average molecular weight is 301 g/mol. The van der Waals surface area contributed by atoms with Crippen LogP contribution in [0.4, 0.5) is 5.69 Å². The zero-order valence-electron chi connectivity index (χ0n) is 9.19. The summed E-state index contributed by atoms with van der Waals surface area (Å²) in [4.78, 5) is 10.3. The molecule has 0 spiro atoms. The molecule has 1 aliphatic carbocycles. The summed E-state index contributed by atoms with van der Waals surface area (Å²) in [5, 5.41) is 14.0. The highest BCUT2D eigenvalue weighted by atomic mass is 79.9. The van der Waals surface area contributed by atoms with Crippen molar-refractivity contribution < 1.29 is 9.66 Å². The van der Waals surface area contributed by atoms with E-state index >= 15 is 0 Å². The summed E-state index contributed by atoms with van der Waals surface area (Å²) >= 11 is 3.19. The molecule has 1 aromatic rings. The molecule has 0 aromatic heterocycles. The first-order valence-corrected chi connectivity index (χ1v) is 6.27. The number of halogens is 1. The van der Waals surface area contributed by atoms with Crippen LogP contribution in [-0.4, -0.2) is 24.1 Å². The molecule has 0 radical (unpaired) electrons. The van der Waals surface area contributed by atoms with E-state index in [1.807, 2.05) is 0 Å². The number of nitrogens with zero attached hydrogens (tertiary/aromatic N) is 1. The van der Waals surface area contributed by atoms with Crippen molar-refractivity contribution in [1.29, 1.82) is 0 Å². The minimum absolute atomic E-state index is 0.0256. The second-order valence-corrected chi connectivity index (χ2v) is 4.72. The van der Waals surface area contributed by atoms with E-state index in [4.69, 9.17) is 4.74 Å². The van der Waals surface area contributed by atoms with E-state index in [1.54, 1.807) is 12.1 Å². The molecule has 0 amide bonds. The monoisotopic (exact) mass is 300 g/mol. The normalized spacial score (nSPS) is 14.6. The van der Waals surface area contributed by atoms with Crippen molar-refractivity contribution in [2.24, 2.45) is 0 Å². The first-order chi connectivity index (χ1) is 8.18. The molecule has 1 fully saturated rings. The van der Waals surface area contributed by atoms with E-state index in [9.17, 15) is 10.1 Å². The molecule has 17 heavy (non-hydrogen) atoms. The lowest BCUT2D eigenvalue weighted by atomic mass is 10.3. The van der Waals surface area contributed by atoms with Crippen molar-refractivity contribution in [2.45, 2.75) is 18.9 Å². The molecule has 1 saturated carbocycles. The fourth-order valence-corrected chi connectivity index (χ4v) is 1.99. The predicted molar refractivity (Wildman–Crippen MR) is 67.3 cm³/mol. The Hall–Kier alpha value is -1.14.